The molecular weight excluding hydrogens is 244 g/mol. The molecular formula is C14H22N2O3. The maximum Gasteiger partial charge on any atom is 0.168 e. The van der Waals surface area contributed by atoms with E-state index in [4.69, 9.17) is 14.0 Å². The molecule has 0 radical (unpaired) electrons. The first-order chi connectivity index (χ1) is 9.17. The third kappa shape index (κ3) is 2.83. The summed E-state index contributed by atoms with van der Waals surface area (Å²) in [6.07, 6.45) is 4.24. The van der Waals surface area contributed by atoms with Gasteiger partial charge in [0.15, 0.2) is 5.79 Å². The van der Waals surface area contributed by atoms with Crippen molar-refractivity contribution in [3.05, 3.63) is 17.5 Å². The van der Waals surface area contributed by atoms with E-state index in [9.17, 15) is 0 Å². The first-order valence-corrected chi connectivity index (χ1v) is 7.07. The van der Waals surface area contributed by atoms with Crippen molar-refractivity contribution in [2.45, 2.75) is 51.0 Å². The Kier molecular flexibility index (Phi) is 3.60. The molecule has 3 rings (SSSR count). The van der Waals surface area contributed by atoms with Gasteiger partial charge in [-0.05, 0) is 26.8 Å². The van der Waals surface area contributed by atoms with Crippen LogP contribution in [0.25, 0.3) is 0 Å². The molecule has 1 spiro atoms. The van der Waals surface area contributed by atoms with Crippen LogP contribution < -0.4 is 0 Å². The summed E-state index contributed by atoms with van der Waals surface area (Å²) in [6.45, 7) is 4.27. The summed E-state index contributed by atoms with van der Waals surface area (Å²) in [5.41, 5.74) is 1.01. The van der Waals surface area contributed by atoms with E-state index in [0.717, 1.165) is 56.9 Å². The van der Waals surface area contributed by atoms with Gasteiger partial charge in [0.2, 0.25) is 0 Å². The van der Waals surface area contributed by atoms with Gasteiger partial charge in [-0.3, -0.25) is 4.90 Å². The first-order valence-electron chi connectivity index (χ1n) is 7.07. The van der Waals surface area contributed by atoms with Crippen LogP contribution in [-0.4, -0.2) is 42.1 Å². The molecule has 1 aliphatic heterocycles. The second-order valence-corrected chi connectivity index (χ2v) is 5.68. The van der Waals surface area contributed by atoms with Crippen LogP contribution in [0.1, 0.15) is 37.1 Å². The van der Waals surface area contributed by atoms with Crippen LogP contribution in [0.2, 0.25) is 0 Å². The first kappa shape index (κ1) is 13.1. The summed E-state index contributed by atoms with van der Waals surface area (Å²) in [5, 5.41) is 4.06. The van der Waals surface area contributed by atoms with Crippen LogP contribution in [-0.2, 0) is 16.0 Å². The Bertz CT molecular complexity index is 416. The average Bonchev–Trinajstić information content (AvgIpc) is 3.00. The fourth-order valence-electron chi connectivity index (χ4n) is 3.15. The molecule has 0 atom stereocenters. The highest BCUT2D eigenvalue weighted by atomic mass is 16.7. The zero-order valence-electron chi connectivity index (χ0n) is 11.7. The van der Waals surface area contributed by atoms with Gasteiger partial charge in [-0.15, -0.1) is 0 Å². The molecule has 0 N–H and O–H groups in total. The molecule has 0 amide bonds. The lowest BCUT2D eigenvalue weighted by molar-refractivity contribution is -0.183. The lowest BCUT2D eigenvalue weighted by Crippen LogP contribution is -2.42. The molecule has 1 aromatic heterocycles. The van der Waals surface area contributed by atoms with Crippen molar-refractivity contribution in [2.24, 2.45) is 0 Å². The van der Waals surface area contributed by atoms with E-state index in [2.05, 4.69) is 17.1 Å². The Balaban J connectivity index is 1.53. The van der Waals surface area contributed by atoms with Gasteiger partial charge in [0.05, 0.1) is 18.9 Å². The van der Waals surface area contributed by atoms with Crippen molar-refractivity contribution in [3.63, 3.8) is 0 Å². The lowest BCUT2D eigenvalue weighted by atomic mass is 9.89. The van der Waals surface area contributed by atoms with E-state index in [1.807, 2.05) is 13.0 Å². The Labute approximate surface area is 113 Å². The van der Waals surface area contributed by atoms with E-state index in [-0.39, 0.29) is 5.79 Å². The number of rotatable bonds is 3. The molecule has 2 fully saturated rings. The second kappa shape index (κ2) is 5.23. The van der Waals surface area contributed by atoms with Crippen molar-refractivity contribution >= 4 is 0 Å². The summed E-state index contributed by atoms with van der Waals surface area (Å²) in [5.74, 6) is 0.612. The maximum atomic E-state index is 5.76. The SMILES string of the molecule is Cc1cc(CN(C)C2CCC3(CC2)OCCO3)no1. The lowest BCUT2D eigenvalue weighted by Gasteiger charge is -2.38. The summed E-state index contributed by atoms with van der Waals surface area (Å²) < 4.78 is 16.6. The van der Waals surface area contributed by atoms with E-state index in [0.29, 0.717) is 6.04 Å². The minimum atomic E-state index is -0.262. The fraction of sp³-hybridized carbons (Fsp3) is 0.786. The van der Waals surface area contributed by atoms with Crippen molar-refractivity contribution in [3.8, 4) is 0 Å². The molecule has 5 heteroatoms. The number of hydrogen-bond donors (Lipinski definition) is 0. The van der Waals surface area contributed by atoms with E-state index in [1.54, 1.807) is 0 Å². The van der Waals surface area contributed by atoms with Crippen LogP contribution in [0.15, 0.2) is 10.6 Å². The van der Waals surface area contributed by atoms with Crippen LogP contribution in [0.5, 0.6) is 0 Å². The van der Waals surface area contributed by atoms with Gasteiger partial charge in [-0.1, -0.05) is 5.16 Å². The molecule has 2 aliphatic rings. The number of aryl methyl sites for hydroxylation is 1. The van der Waals surface area contributed by atoms with E-state index in [1.165, 1.54) is 0 Å². The summed E-state index contributed by atoms with van der Waals surface area (Å²) in [7, 11) is 2.16. The predicted molar refractivity (Wildman–Crippen MR) is 69.6 cm³/mol. The molecule has 5 nitrogen and oxygen atoms in total. The third-order valence-electron chi connectivity index (χ3n) is 4.24. The van der Waals surface area contributed by atoms with Crippen molar-refractivity contribution < 1.29 is 14.0 Å². The number of nitrogens with zero attached hydrogens (tertiary/aromatic N) is 2. The largest absolute Gasteiger partial charge is 0.361 e. The minimum absolute atomic E-state index is 0.262. The smallest absolute Gasteiger partial charge is 0.168 e. The van der Waals surface area contributed by atoms with Gasteiger partial charge in [-0.25, -0.2) is 0 Å². The van der Waals surface area contributed by atoms with Crippen LogP contribution in [0.4, 0.5) is 0 Å². The molecule has 0 unspecified atom stereocenters. The van der Waals surface area contributed by atoms with Gasteiger partial charge in [0, 0.05) is 31.5 Å². The topological polar surface area (TPSA) is 47.7 Å². The normalized spacial score (nSPS) is 23.5. The average molecular weight is 266 g/mol. The standard InChI is InChI=1S/C14H22N2O3/c1-11-9-12(15-19-11)10-16(2)13-3-5-14(6-4-13)17-7-8-18-14/h9,13H,3-8,10H2,1-2H3. The summed E-state index contributed by atoms with van der Waals surface area (Å²) >= 11 is 0. The summed E-state index contributed by atoms with van der Waals surface area (Å²) in [6, 6.07) is 2.58. The van der Waals surface area contributed by atoms with Gasteiger partial charge in [0.25, 0.3) is 0 Å². The second-order valence-electron chi connectivity index (χ2n) is 5.68. The number of aromatic nitrogens is 1. The zero-order valence-corrected chi connectivity index (χ0v) is 11.7. The van der Waals surface area contributed by atoms with Crippen LogP contribution in [0.3, 0.4) is 0 Å². The Morgan fingerprint density at radius 1 is 1.32 bits per heavy atom. The Hall–Kier alpha value is -0.910. The summed E-state index contributed by atoms with van der Waals surface area (Å²) in [4.78, 5) is 2.36. The van der Waals surface area contributed by atoms with Crippen LogP contribution in [0, 0.1) is 6.92 Å². The molecule has 1 aliphatic carbocycles. The van der Waals surface area contributed by atoms with Gasteiger partial charge >= 0.3 is 0 Å². The molecule has 1 aromatic rings. The van der Waals surface area contributed by atoms with Gasteiger partial charge in [-0.2, -0.15) is 0 Å². The molecule has 1 saturated heterocycles. The zero-order chi connectivity index (χ0) is 13.3. The highest BCUT2D eigenvalue weighted by Gasteiger charge is 2.41. The number of ether oxygens (including phenoxy) is 2. The third-order valence-corrected chi connectivity index (χ3v) is 4.24. The highest BCUT2D eigenvalue weighted by Crippen LogP contribution is 2.37. The molecule has 19 heavy (non-hydrogen) atoms. The highest BCUT2D eigenvalue weighted by molar-refractivity contribution is 5.03. The molecule has 106 valence electrons. The van der Waals surface area contributed by atoms with Gasteiger partial charge in [0.1, 0.15) is 5.76 Å². The molecule has 2 heterocycles. The quantitative estimate of drug-likeness (QED) is 0.838. The minimum Gasteiger partial charge on any atom is -0.361 e. The Morgan fingerprint density at radius 3 is 2.58 bits per heavy atom. The van der Waals surface area contributed by atoms with Gasteiger partial charge < -0.3 is 14.0 Å². The molecule has 1 saturated carbocycles. The fourth-order valence-corrected chi connectivity index (χ4v) is 3.15. The number of hydrogen-bond acceptors (Lipinski definition) is 5. The predicted octanol–water partition coefficient (Wildman–Crippen LogP) is 2.10. The van der Waals surface area contributed by atoms with E-state index >= 15 is 0 Å². The van der Waals surface area contributed by atoms with Crippen LogP contribution >= 0.6 is 0 Å². The maximum absolute atomic E-state index is 5.76. The monoisotopic (exact) mass is 266 g/mol. The van der Waals surface area contributed by atoms with Crippen molar-refractivity contribution in [1.29, 1.82) is 0 Å². The van der Waals surface area contributed by atoms with E-state index < -0.39 is 0 Å². The van der Waals surface area contributed by atoms with Crippen molar-refractivity contribution in [2.75, 3.05) is 20.3 Å². The molecule has 0 bridgehead atoms. The Morgan fingerprint density at radius 2 is 2.00 bits per heavy atom. The molecule has 0 aromatic carbocycles. The van der Waals surface area contributed by atoms with Crippen molar-refractivity contribution in [1.82, 2.24) is 10.1 Å².